The van der Waals surface area contributed by atoms with E-state index in [0.717, 1.165) is 12.7 Å². The van der Waals surface area contributed by atoms with Crippen molar-refractivity contribution in [3.05, 3.63) is 51.5 Å². The second-order valence-electron chi connectivity index (χ2n) is 10.2. The number of benzene rings is 1. The normalized spacial score (nSPS) is 37.7. The van der Waals surface area contributed by atoms with Gasteiger partial charge in [-0.25, -0.2) is 24.1 Å². The molecule has 0 saturated carbocycles. The van der Waals surface area contributed by atoms with Crippen molar-refractivity contribution in [2.45, 2.75) is 49.1 Å². The minimum Gasteiger partial charge on any atom is -0.386 e. The van der Waals surface area contributed by atoms with Gasteiger partial charge in [-0.3, -0.25) is 27.5 Å². The van der Waals surface area contributed by atoms with Gasteiger partial charge in [0.1, 0.15) is 36.6 Å². The molecule has 0 amide bonds. The molecule has 19 nitrogen and oxygen atoms in total. The fourth-order valence-corrected chi connectivity index (χ4v) is 7.65. The van der Waals surface area contributed by atoms with Gasteiger partial charge in [0.25, 0.3) is 5.56 Å². The lowest BCUT2D eigenvalue weighted by atomic mass is 10.1. The van der Waals surface area contributed by atoms with Crippen LogP contribution in [-0.2, 0) is 36.7 Å². The number of phosphoric ester groups is 2. The van der Waals surface area contributed by atoms with Crippen molar-refractivity contribution < 1.29 is 56.7 Å². The number of aliphatic hydroxyl groups excluding tert-OH is 2. The zero-order chi connectivity index (χ0) is 31.8. The van der Waals surface area contributed by atoms with Crippen LogP contribution in [0, 0.1) is 0 Å². The Morgan fingerprint density at radius 2 is 1.40 bits per heavy atom. The maximum Gasteiger partial charge on any atom is 0.472 e. The summed E-state index contributed by atoms with van der Waals surface area (Å²) in [5.74, 6) is 0. The molecule has 5 N–H and O–H groups in total. The molecule has 0 radical (unpaired) electrons. The number of aromatic amines is 1. The molecule has 3 fully saturated rings. The third-order valence-electron chi connectivity index (χ3n) is 7.46. The molecule has 242 valence electrons. The van der Waals surface area contributed by atoms with Crippen LogP contribution in [0.2, 0.25) is 10.0 Å². The van der Waals surface area contributed by atoms with E-state index in [1.807, 2.05) is 0 Å². The maximum atomic E-state index is 13.1. The van der Waals surface area contributed by atoms with Gasteiger partial charge in [-0.1, -0.05) is 23.2 Å². The SMILES string of the molecule is O=c1[nH]cnc2c1ncn2[C@@H]1O[C@@H]2COP(=O)(O)OC3C(O)[C@H](n4cnc5cc(Cl)c(Cl)cc54)O[C@@H]3COP(=O)(O)OC2C1O. The zero-order valence-electron chi connectivity index (χ0n) is 22.3. The monoisotopic (exact) mass is 710 g/mol. The van der Waals surface area contributed by atoms with Crippen molar-refractivity contribution in [3.8, 4) is 0 Å². The fourth-order valence-electron chi connectivity index (χ4n) is 5.41. The van der Waals surface area contributed by atoms with E-state index in [-0.39, 0.29) is 21.2 Å². The lowest BCUT2D eigenvalue weighted by Crippen LogP contribution is -2.39. The topological polar surface area (TPSA) is 252 Å². The van der Waals surface area contributed by atoms with Crippen molar-refractivity contribution in [1.82, 2.24) is 29.1 Å². The first-order chi connectivity index (χ1) is 21.3. The highest BCUT2D eigenvalue weighted by molar-refractivity contribution is 7.47. The first-order valence-electron chi connectivity index (χ1n) is 13.0. The third kappa shape index (κ3) is 5.66. The largest absolute Gasteiger partial charge is 0.472 e. The Morgan fingerprint density at radius 1 is 0.844 bits per heavy atom. The van der Waals surface area contributed by atoms with Crippen molar-refractivity contribution >= 4 is 61.0 Å². The maximum absolute atomic E-state index is 13.1. The molecule has 3 aromatic heterocycles. The molecular formula is C22H22Cl2N6O13P2. The van der Waals surface area contributed by atoms with E-state index in [9.17, 15) is 33.9 Å². The number of halogens is 2. The summed E-state index contributed by atoms with van der Waals surface area (Å²) in [4.78, 5) is 47.8. The average molecular weight is 711 g/mol. The van der Waals surface area contributed by atoms with E-state index in [2.05, 4.69) is 19.9 Å². The quantitative estimate of drug-likeness (QED) is 0.182. The first kappa shape index (κ1) is 31.3. The number of ether oxygens (including phenoxy) is 2. The number of fused-ring (bicyclic) bond motifs is 4. The third-order valence-corrected chi connectivity index (χ3v) is 10.2. The van der Waals surface area contributed by atoms with Crippen LogP contribution in [-0.4, -0.2) is 98.9 Å². The molecule has 3 aliphatic heterocycles. The summed E-state index contributed by atoms with van der Waals surface area (Å²) in [5, 5.41) is 22.7. The highest BCUT2D eigenvalue weighted by atomic mass is 35.5. The van der Waals surface area contributed by atoms with Gasteiger partial charge in [0.05, 0.1) is 53.3 Å². The first-order valence-corrected chi connectivity index (χ1v) is 16.8. The molecule has 6 unspecified atom stereocenters. The summed E-state index contributed by atoms with van der Waals surface area (Å²) in [6.45, 7) is -1.60. The number of imidazole rings is 2. The van der Waals surface area contributed by atoms with Crippen LogP contribution in [0.1, 0.15) is 12.5 Å². The Morgan fingerprint density at radius 3 is 2.02 bits per heavy atom. The number of phosphoric acid groups is 2. The Balaban J connectivity index is 1.17. The molecular weight excluding hydrogens is 689 g/mol. The highest BCUT2D eigenvalue weighted by Crippen LogP contribution is 2.53. The van der Waals surface area contributed by atoms with Crippen LogP contribution in [0.25, 0.3) is 22.2 Å². The summed E-state index contributed by atoms with van der Waals surface area (Å²) >= 11 is 12.2. The van der Waals surface area contributed by atoms with Crippen molar-refractivity contribution in [3.63, 3.8) is 0 Å². The number of aromatic nitrogens is 6. The molecule has 7 rings (SSSR count). The van der Waals surface area contributed by atoms with E-state index in [1.54, 1.807) is 0 Å². The van der Waals surface area contributed by atoms with Gasteiger partial charge in [-0.15, -0.1) is 0 Å². The van der Waals surface area contributed by atoms with Crippen molar-refractivity contribution in [2.24, 2.45) is 0 Å². The van der Waals surface area contributed by atoms with E-state index < -0.39 is 83.5 Å². The Bertz CT molecular complexity index is 1940. The van der Waals surface area contributed by atoms with Gasteiger partial charge in [0.2, 0.25) is 0 Å². The summed E-state index contributed by atoms with van der Waals surface area (Å²) in [7, 11) is -10.1. The smallest absolute Gasteiger partial charge is 0.386 e. The molecule has 4 aromatic rings. The number of rotatable bonds is 2. The standard InChI is InChI=1S/C22H22Cl2N6O13P2/c23-8-1-10-11(2-9(8)24)29(6-27-10)21-15(31)17-12(40-21)3-38-45(36,37)43-18-13(4-39-44(34,35)42-17)41-22(16(18)32)30-7-28-14-19(30)25-5-26-20(14)33/h1-2,5-7,12-13,15-18,21-22,31-32H,3-4H2,(H,34,35)(H,36,37)(H,25,26,33)/t12-,13-,15?,16?,17?,18?,21-,22-/m1/s1. The van der Waals surface area contributed by atoms with Crippen LogP contribution in [0.3, 0.4) is 0 Å². The summed E-state index contributed by atoms with van der Waals surface area (Å²) < 4.78 is 61.2. The summed E-state index contributed by atoms with van der Waals surface area (Å²) in [6, 6.07) is 2.96. The highest BCUT2D eigenvalue weighted by Gasteiger charge is 2.54. The molecule has 10 atom stereocenters. The Labute approximate surface area is 260 Å². The predicted octanol–water partition coefficient (Wildman–Crippen LogP) is 1.01. The van der Waals surface area contributed by atoms with Gasteiger partial charge in [-0.2, -0.15) is 0 Å². The van der Waals surface area contributed by atoms with Crippen molar-refractivity contribution in [1.29, 1.82) is 0 Å². The van der Waals surface area contributed by atoms with Gasteiger partial charge in [-0.05, 0) is 12.1 Å². The molecule has 45 heavy (non-hydrogen) atoms. The predicted molar refractivity (Wildman–Crippen MR) is 149 cm³/mol. The number of aliphatic hydroxyl groups is 2. The Kier molecular flexibility index (Phi) is 7.95. The molecule has 23 heteroatoms. The molecule has 0 aliphatic carbocycles. The lowest BCUT2D eigenvalue weighted by molar-refractivity contribution is -0.0663. The van der Waals surface area contributed by atoms with Gasteiger partial charge < -0.3 is 39.0 Å². The number of hydrogen-bond acceptors (Lipinski definition) is 14. The van der Waals surface area contributed by atoms with E-state index >= 15 is 0 Å². The molecule has 1 aromatic carbocycles. The molecule has 3 saturated heterocycles. The van der Waals surface area contributed by atoms with E-state index in [4.69, 9.17) is 50.8 Å². The lowest BCUT2D eigenvalue weighted by Gasteiger charge is -2.27. The number of H-pyrrole nitrogens is 1. The van der Waals surface area contributed by atoms with E-state index in [1.165, 1.54) is 27.6 Å². The van der Waals surface area contributed by atoms with Crippen molar-refractivity contribution in [2.75, 3.05) is 13.2 Å². The summed E-state index contributed by atoms with van der Waals surface area (Å²) in [5.41, 5.74) is 0.119. The number of hydrogen-bond donors (Lipinski definition) is 5. The second kappa shape index (κ2) is 11.4. The zero-order valence-corrected chi connectivity index (χ0v) is 25.6. The minimum absolute atomic E-state index is 0.00480. The van der Waals surface area contributed by atoms with Crippen LogP contribution in [0.5, 0.6) is 0 Å². The van der Waals surface area contributed by atoms with Crippen LogP contribution >= 0.6 is 38.8 Å². The Hall–Kier alpha value is -2.32. The molecule has 6 heterocycles. The second-order valence-corrected chi connectivity index (χ2v) is 13.9. The minimum atomic E-state index is -5.03. The fraction of sp³-hybridized carbons (Fsp3) is 0.455. The molecule has 0 spiro atoms. The van der Waals surface area contributed by atoms with Crippen LogP contribution in [0.4, 0.5) is 0 Å². The van der Waals surface area contributed by atoms with Crippen LogP contribution < -0.4 is 5.56 Å². The molecule has 3 aliphatic rings. The van der Waals surface area contributed by atoms with Gasteiger partial charge in [0, 0.05) is 0 Å². The van der Waals surface area contributed by atoms with Crippen LogP contribution in [0.15, 0.2) is 35.9 Å². The summed E-state index contributed by atoms with van der Waals surface area (Å²) in [6.07, 6.45) is -8.72. The van der Waals surface area contributed by atoms with Gasteiger partial charge in [0.15, 0.2) is 23.6 Å². The number of nitrogens with zero attached hydrogens (tertiary/aromatic N) is 5. The number of nitrogens with one attached hydrogen (secondary N) is 1. The van der Waals surface area contributed by atoms with Gasteiger partial charge >= 0.3 is 15.6 Å². The molecule has 0 bridgehead atoms. The van der Waals surface area contributed by atoms with E-state index in [0.29, 0.717) is 11.0 Å². The average Bonchev–Trinajstić information content (AvgIpc) is 3.73.